The van der Waals surface area contributed by atoms with E-state index in [1.807, 2.05) is 13.0 Å². The van der Waals surface area contributed by atoms with E-state index in [1.54, 1.807) is 38.1 Å². The van der Waals surface area contributed by atoms with Crippen molar-refractivity contribution in [1.82, 2.24) is 0 Å². The average molecular weight is 399 g/mol. The number of rotatable bonds is 8. The second-order valence-electron chi connectivity index (χ2n) is 9.15. The van der Waals surface area contributed by atoms with Crippen molar-refractivity contribution in [1.29, 1.82) is 0 Å². The fourth-order valence-corrected chi connectivity index (χ4v) is 4.59. The van der Waals surface area contributed by atoms with Crippen LogP contribution in [0.3, 0.4) is 0 Å². The second kappa shape index (κ2) is 9.06. The van der Waals surface area contributed by atoms with Gasteiger partial charge in [-0.3, -0.25) is 14.4 Å². The Balaban J connectivity index is 2.34. The Morgan fingerprint density at radius 2 is 1.83 bits per heavy atom. The summed E-state index contributed by atoms with van der Waals surface area (Å²) in [5, 5.41) is 0. The van der Waals surface area contributed by atoms with E-state index < -0.39 is 17.3 Å². The zero-order valence-corrected chi connectivity index (χ0v) is 18.5. The first-order chi connectivity index (χ1) is 13.6. The normalized spacial score (nSPS) is 23.7. The van der Waals surface area contributed by atoms with Crippen LogP contribution in [-0.4, -0.2) is 24.1 Å². The molecule has 29 heavy (non-hydrogen) atoms. The van der Waals surface area contributed by atoms with Gasteiger partial charge in [-0.05, 0) is 37.5 Å². The Morgan fingerprint density at radius 1 is 1.21 bits per heavy atom. The van der Waals surface area contributed by atoms with Crippen molar-refractivity contribution < 1.29 is 19.1 Å². The molecule has 0 saturated carbocycles. The molecule has 0 bridgehead atoms. The first-order valence-corrected chi connectivity index (χ1v) is 10.5. The minimum Gasteiger partial charge on any atom is -0.465 e. The third-order valence-corrected chi connectivity index (χ3v) is 6.50. The van der Waals surface area contributed by atoms with Crippen LogP contribution in [-0.2, 0) is 14.3 Å². The lowest BCUT2D eigenvalue weighted by atomic mass is 9.62. The number of benzene rings is 1. The number of Topliss-reactive ketones (excluding diaryl/α,β-unsaturated/α-hetero) is 2. The number of ether oxygens (including phenoxy) is 1. The van der Waals surface area contributed by atoms with Crippen LogP contribution in [0.15, 0.2) is 42.5 Å². The number of esters is 1. The average Bonchev–Trinajstić information content (AvgIpc) is 2.66. The number of hydrogen-bond acceptors (Lipinski definition) is 4. The van der Waals surface area contributed by atoms with Crippen molar-refractivity contribution >= 4 is 17.5 Å². The summed E-state index contributed by atoms with van der Waals surface area (Å²) in [4.78, 5) is 39.6. The topological polar surface area (TPSA) is 60.4 Å². The minimum atomic E-state index is -1.41. The SMILES string of the molecule is CCOC(=O)C(C)(C(=O)c1ccccc1)C(C)CC(=O)C1C(C)C=CCC1(C)C. The van der Waals surface area contributed by atoms with E-state index in [1.165, 1.54) is 0 Å². The number of carbonyl (C=O) groups is 3. The maximum Gasteiger partial charge on any atom is 0.320 e. The highest BCUT2D eigenvalue weighted by Crippen LogP contribution is 2.44. The quantitative estimate of drug-likeness (QED) is 0.259. The fourth-order valence-electron chi connectivity index (χ4n) is 4.59. The summed E-state index contributed by atoms with van der Waals surface area (Å²) in [5.41, 5.74) is -1.10. The number of allylic oxidation sites excluding steroid dienone is 2. The first kappa shape index (κ1) is 23.1. The summed E-state index contributed by atoms with van der Waals surface area (Å²) in [5.74, 6) is -1.23. The third kappa shape index (κ3) is 4.68. The predicted octanol–water partition coefficient (Wildman–Crippen LogP) is 5.27. The summed E-state index contributed by atoms with van der Waals surface area (Å²) in [6.07, 6.45) is 5.25. The van der Waals surface area contributed by atoms with Crippen LogP contribution in [0.5, 0.6) is 0 Å². The molecule has 1 aromatic carbocycles. The standard InChI is InChI=1S/C25H34O4/c1-7-29-23(28)25(6,22(27)19-13-9-8-10-14-19)18(3)16-20(26)21-17(2)12-11-15-24(21,4)5/h8-14,17-18,21H,7,15-16H2,1-6H3. The molecule has 0 heterocycles. The highest BCUT2D eigenvalue weighted by Gasteiger charge is 2.49. The minimum absolute atomic E-state index is 0.107. The van der Waals surface area contributed by atoms with Crippen molar-refractivity contribution in [2.45, 2.75) is 54.4 Å². The molecule has 1 aliphatic rings. The Kier molecular flexibility index (Phi) is 7.20. The molecule has 0 amide bonds. The molecule has 0 spiro atoms. The zero-order valence-electron chi connectivity index (χ0n) is 18.5. The summed E-state index contributed by atoms with van der Waals surface area (Å²) in [6, 6.07) is 8.77. The van der Waals surface area contributed by atoms with E-state index in [2.05, 4.69) is 32.9 Å². The van der Waals surface area contributed by atoms with E-state index in [0.717, 1.165) is 6.42 Å². The Hall–Kier alpha value is -2.23. The molecule has 4 heteroatoms. The zero-order chi connectivity index (χ0) is 21.8. The van der Waals surface area contributed by atoms with Gasteiger partial charge in [-0.15, -0.1) is 0 Å². The smallest absolute Gasteiger partial charge is 0.320 e. The van der Waals surface area contributed by atoms with Crippen LogP contribution in [0.4, 0.5) is 0 Å². The summed E-state index contributed by atoms with van der Waals surface area (Å²) in [7, 11) is 0. The van der Waals surface area contributed by atoms with Crippen molar-refractivity contribution in [3.05, 3.63) is 48.0 Å². The molecule has 1 aliphatic carbocycles. The number of carbonyl (C=O) groups excluding carboxylic acids is 3. The van der Waals surface area contributed by atoms with E-state index >= 15 is 0 Å². The van der Waals surface area contributed by atoms with Crippen LogP contribution in [0.25, 0.3) is 0 Å². The molecule has 158 valence electrons. The highest BCUT2D eigenvalue weighted by molar-refractivity contribution is 6.12. The highest BCUT2D eigenvalue weighted by atomic mass is 16.5. The molecular formula is C25H34O4. The molecule has 4 unspecified atom stereocenters. The monoisotopic (exact) mass is 398 g/mol. The van der Waals surface area contributed by atoms with Crippen molar-refractivity contribution in [2.75, 3.05) is 6.61 Å². The predicted molar refractivity (Wildman–Crippen MR) is 114 cm³/mol. The van der Waals surface area contributed by atoms with Gasteiger partial charge in [0.25, 0.3) is 0 Å². The lowest BCUT2D eigenvalue weighted by molar-refractivity contribution is -0.154. The fraction of sp³-hybridized carbons (Fsp3) is 0.560. The first-order valence-electron chi connectivity index (χ1n) is 10.5. The summed E-state index contributed by atoms with van der Waals surface area (Å²) in [6.45, 7) is 11.6. The molecule has 0 radical (unpaired) electrons. The Labute approximate surface area is 174 Å². The van der Waals surface area contributed by atoms with E-state index in [0.29, 0.717) is 5.56 Å². The Bertz CT molecular complexity index is 777. The number of hydrogen-bond donors (Lipinski definition) is 0. The largest absolute Gasteiger partial charge is 0.465 e. The van der Waals surface area contributed by atoms with Gasteiger partial charge in [0, 0.05) is 17.9 Å². The van der Waals surface area contributed by atoms with Crippen molar-refractivity contribution in [2.24, 2.45) is 28.6 Å². The van der Waals surface area contributed by atoms with Gasteiger partial charge < -0.3 is 4.74 Å². The number of ketones is 2. The van der Waals surface area contributed by atoms with Crippen LogP contribution in [0, 0.1) is 28.6 Å². The van der Waals surface area contributed by atoms with E-state index in [4.69, 9.17) is 4.74 Å². The molecule has 0 fully saturated rings. The van der Waals surface area contributed by atoms with Gasteiger partial charge in [0.15, 0.2) is 5.78 Å². The van der Waals surface area contributed by atoms with E-state index in [9.17, 15) is 14.4 Å². The molecule has 1 aromatic rings. The van der Waals surface area contributed by atoms with Crippen LogP contribution in [0.2, 0.25) is 0 Å². The molecule has 0 saturated heterocycles. The molecule has 0 N–H and O–H groups in total. The van der Waals surface area contributed by atoms with Crippen molar-refractivity contribution in [3.63, 3.8) is 0 Å². The third-order valence-electron chi connectivity index (χ3n) is 6.50. The van der Waals surface area contributed by atoms with Gasteiger partial charge in [-0.1, -0.05) is 70.2 Å². The summed E-state index contributed by atoms with van der Waals surface area (Å²) < 4.78 is 5.28. The molecule has 4 atom stereocenters. The molecule has 0 aliphatic heterocycles. The summed E-state index contributed by atoms with van der Waals surface area (Å²) >= 11 is 0. The van der Waals surface area contributed by atoms with Gasteiger partial charge in [-0.2, -0.15) is 0 Å². The van der Waals surface area contributed by atoms with Crippen LogP contribution < -0.4 is 0 Å². The second-order valence-corrected chi connectivity index (χ2v) is 9.15. The molecular weight excluding hydrogens is 364 g/mol. The molecule has 0 aromatic heterocycles. The van der Waals surface area contributed by atoms with Crippen LogP contribution >= 0.6 is 0 Å². The van der Waals surface area contributed by atoms with Crippen molar-refractivity contribution in [3.8, 4) is 0 Å². The lowest BCUT2D eigenvalue weighted by Crippen LogP contribution is -2.46. The maximum atomic E-state index is 13.4. The van der Waals surface area contributed by atoms with Gasteiger partial charge in [0.1, 0.15) is 11.2 Å². The van der Waals surface area contributed by atoms with Crippen LogP contribution in [0.1, 0.15) is 64.7 Å². The maximum absolute atomic E-state index is 13.4. The van der Waals surface area contributed by atoms with E-state index in [-0.39, 0.29) is 41.8 Å². The lowest BCUT2D eigenvalue weighted by Gasteiger charge is -2.40. The molecule has 4 nitrogen and oxygen atoms in total. The molecule has 2 rings (SSSR count). The van der Waals surface area contributed by atoms with Gasteiger partial charge >= 0.3 is 5.97 Å². The van der Waals surface area contributed by atoms with Gasteiger partial charge in [-0.25, -0.2) is 0 Å². The Morgan fingerprint density at radius 3 is 2.38 bits per heavy atom. The van der Waals surface area contributed by atoms with Gasteiger partial charge in [0.2, 0.25) is 0 Å². The van der Waals surface area contributed by atoms with Gasteiger partial charge in [0.05, 0.1) is 6.61 Å².